The summed E-state index contributed by atoms with van der Waals surface area (Å²) in [5.74, 6) is 0. The molecule has 1 aliphatic rings. The SMILES string of the molecule is Cc1ccc(S(=O)(=O)N2C/C=C/C=C(Cl)\C=C\C2)cc1. The summed E-state index contributed by atoms with van der Waals surface area (Å²) >= 11 is 5.92. The molecule has 1 aliphatic heterocycles. The first-order valence-corrected chi connectivity index (χ1v) is 8.07. The molecule has 3 nitrogen and oxygen atoms in total. The van der Waals surface area contributed by atoms with Crippen LogP contribution in [0.1, 0.15) is 5.56 Å². The van der Waals surface area contributed by atoms with E-state index in [1.807, 2.05) is 6.92 Å². The summed E-state index contributed by atoms with van der Waals surface area (Å²) in [6.07, 6.45) is 8.73. The third-order valence-electron chi connectivity index (χ3n) is 2.95. The average molecular weight is 310 g/mol. The molecule has 0 radical (unpaired) electrons. The Morgan fingerprint density at radius 2 is 1.75 bits per heavy atom. The van der Waals surface area contributed by atoms with Crippen molar-refractivity contribution in [2.75, 3.05) is 13.1 Å². The molecule has 0 saturated carbocycles. The van der Waals surface area contributed by atoms with Crippen LogP contribution >= 0.6 is 11.6 Å². The molecule has 0 amide bonds. The van der Waals surface area contributed by atoms with Gasteiger partial charge in [0.1, 0.15) is 0 Å². The Kier molecular flexibility index (Phi) is 4.81. The normalized spacial score (nSPS) is 23.0. The third kappa shape index (κ3) is 3.60. The van der Waals surface area contributed by atoms with Gasteiger partial charge < -0.3 is 0 Å². The van der Waals surface area contributed by atoms with Crippen LogP contribution < -0.4 is 0 Å². The van der Waals surface area contributed by atoms with Gasteiger partial charge in [0.2, 0.25) is 10.0 Å². The van der Waals surface area contributed by atoms with Gasteiger partial charge in [0.25, 0.3) is 0 Å². The van der Waals surface area contributed by atoms with Gasteiger partial charge in [-0.3, -0.25) is 0 Å². The van der Waals surface area contributed by atoms with Gasteiger partial charge in [0.05, 0.1) is 4.90 Å². The lowest BCUT2D eigenvalue weighted by Crippen LogP contribution is -2.31. The van der Waals surface area contributed by atoms with Gasteiger partial charge >= 0.3 is 0 Å². The highest BCUT2D eigenvalue weighted by atomic mass is 35.5. The minimum Gasteiger partial charge on any atom is -0.207 e. The van der Waals surface area contributed by atoms with Crippen molar-refractivity contribution >= 4 is 21.6 Å². The van der Waals surface area contributed by atoms with Crippen molar-refractivity contribution in [3.63, 3.8) is 0 Å². The maximum atomic E-state index is 12.6. The summed E-state index contributed by atoms with van der Waals surface area (Å²) in [4.78, 5) is 0.309. The Bertz CT molecular complexity index is 658. The first-order valence-electron chi connectivity index (χ1n) is 6.26. The van der Waals surface area contributed by atoms with Gasteiger partial charge in [0.15, 0.2) is 0 Å². The number of allylic oxidation sites excluding steroid dienone is 4. The second kappa shape index (κ2) is 6.39. The molecule has 1 aromatic rings. The van der Waals surface area contributed by atoms with E-state index in [1.165, 1.54) is 4.31 Å². The number of hydrogen-bond donors (Lipinski definition) is 0. The topological polar surface area (TPSA) is 37.4 Å². The zero-order chi connectivity index (χ0) is 14.6. The summed E-state index contributed by atoms with van der Waals surface area (Å²) in [7, 11) is -3.49. The molecule has 0 aromatic heterocycles. The number of sulfonamides is 1. The summed E-state index contributed by atoms with van der Waals surface area (Å²) < 4.78 is 26.5. The van der Waals surface area contributed by atoms with Gasteiger partial charge in [-0.05, 0) is 31.2 Å². The zero-order valence-corrected chi connectivity index (χ0v) is 12.7. The lowest BCUT2D eigenvalue weighted by atomic mass is 10.2. The highest BCUT2D eigenvalue weighted by Gasteiger charge is 2.22. The molecule has 5 heteroatoms. The fraction of sp³-hybridized carbons (Fsp3) is 0.200. The number of benzene rings is 1. The van der Waals surface area contributed by atoms with Crippen molar-refractivity contribution in [3.05, 3.63) is 65.2 Å². The minimum atomic E-state index is -3.49. The Balaban J connectivity index is 2.29. The van der Waals surface area contributed by atoms with Crippen LogP contribution in [0.5, 0.6) is 0 Å². The van der Waals surface area contributed by atoms with E-state index in [4.69, 9.17) is 11.6 Å². The van der Waals surface area contributed by atoms with Gasteiger partial charge in [-0.2, -0.15) is 4.31 Å². The van der Waals surface area contributed by atoms with Crippen LogP contribution in [0.2, 0.25) is 0 Å². The molecule has 0 atom stereocenters. The number of nitrogens with zero attached hydrogens (tertiary/aromatic N) is 1. The van der Waals surface area contributed by atoms with E-state index in [9.17, 15) is 8.42 Å². The molecule has 0 aliphatic carbocycles. The van der Waals surface area contributed by atoms with Crippen LogP contribution in [0.25, 0.3) is 0 Å². The maximum absolute atomic E-state index is 12.6. The number of rotatable bonds is 2. The van der Waals surface area contributed by atoms with Crippen molar-refractivity contribution in [3.8, 4) is 0 Å². The number of halogens is 1. The highest BCUT2D eigenvalue weighted by Crippen LogP contribution is 2.17. The molecule has 20 heavy (non-hydrogen) atoms. The Hall–Kier alpha value is -1.36. The fourth-order valence-corrected chi connectivity index (χ4v) is 3.31. The molecular weight excluding hydrogens is 294 g/mol. The van der Waals surface area contributed by atoms with Crippen molar-refractivity contribution in [1.29, 1.82) is 0 Å². The Morgan fingerprint density at radius 1 is 1.10 bits per heavy atom. The van der Waals surface area contributed by atoms with Crippen LogP contribution in [-0.4, -0.2) is 25.8 Å². The predicted octanol–water partition coefficient (Wildman–Crippen LogP) is 3.23. The smallest absolute Gasteiger partial charge is 0.207 e. The van der Waals surface area contributed by atoms with E-state index in [1.54, 1.807) is 54.6 Å². The molecular formula is C15H16ClNO2S. The van der Waals surface area contributed by atoms with E-state index in [0.29, 0.717) is 23.0 Å². The summed E-state index contributed by atoms with van der Waals surface area (Å²) in [5.41, 5.74) is 1.03. The van der Waals surface area contributed by atoms with Crippen LogP contribution in [0.4, 0.5) is 0 Å². The summed E-state index contributed by atoms with van der Waals surface area (Å²) in [6.45, 7) is 2.54. The van der Waals surface area contributed by atoms with E-state index in [0.717, 1.165) is 5.56 Å². The number of aryl methyl sites for hydroxylation is 1. The lowest BCUT2D eigenvalue weighted by molar-refractivity contribution is 0.474. The summed E-state index contributed by atoms with van der Waals surface area (Å²) in [6, 6.07) is 6.87. The van der Waals surface area contributed by atoms with E-state index in [-0.39, 0.29) is 0 Å². The molecule has 0 N–H and O–H groups in total. The van der Waals surface area contributed by atoms with Crippen LogP contribution in [0, 0.1) is 6.92 Å². The average Bonchev–Trinajstić information content (AvgIpc) is 2.51. The first kappa shape index (κ1) is 15.0. The predicted molar refractivity (Wildman–Crippen MR) is 82.2 cm³/mol. The minimum absolute atomic E-state index is 0.296. The molecule has 0 spiro atoms. The van der Waals surface area contributed by atoms with Gasteiger partial charge in [-0.25, -0.2) is 8.42 Å². The second-order valence-corrected chi connectivity index (χ2v) is 6.89. The monoisotopic (exact) mass is 309 g/mol. The van der Waals surface area contributed by atoms with Crippen molar-refractivity contribution in [2.45, 2.75) is 11.8 Å². The molecule has 0 unspecified atom stereocenters. The zero-order valence-electron chi connectivity index (χ0n) is 11.2. The van der Waals surface area contributed by atoms with Gasteiger partial charge in [-0.15, -0.1) is 0 Å². The van der Waals surface area contributed by atoms with E-state index < -0.39 is 10.0 Å². The molecule has 2 rings (SSSR count). The highest BCUT2D eigenvalue weighted by molar-refractivity contribution is 7.89. The van der Waals surface area contributed by atoms with Gasteiger partial charge in [0, 0.05) is 18.1 Å². The molecule has 1 aromatic carbocycles. The fourth-order valence-electron chi connectivity index (χ4n) is 1.81. The van der Waals surface area contributed by atoms with Crippen LogP contribution in [-0.2, 0) is 10.0 Å². The van der Waals surface area contributed by atoms with Crippen LogP contribution in [0.3, 0.4) is 0 Å². The number of hydrogen-bond acceptors (Lipinski definition) is 2. The lowest BCUT2D eigenvalue weighted by Gasteiger charge is -2.19. The largest absolute Gasteiger partial charge is 0.243 e. The molecule has 0 fully saturated rings. The molecule has 0 saturated heterocycles. The Morgan fingerprint density at radius 3 is 2.45 bits per heavy atom. The van der Waals surface area contributed by atoms with Gasteiger partial charge in [-0.1, -0.05) is 47.5 Å². The van der Waals surface area contributed by atoms with E-state index >= 15 is 0 Å². The summed E-state index contributed by atoms with van der Waals surface area (Å²) in [5, 5.41) is 0.579. The van der Waals surface area contributed by atoms with Crippen molar-refractivity contribution < 1.29 is 8.42 Å². The Labute approximate surface area is 124 Å². The third-order valence-corrected chi connectivity index (χ3v) is 5.04. The quantitative estimate of drug-likeness (QED) is 0.841. The van der Waals surface area contributed by atoms with Crippen molar-refractivity contribution in [2.24, 2.45) is 0 Å². The molecule has 106 valence electrons. The molecule has 0 bridgehead atoms. The van der Waals surface area contributed by atoms with Crippen LogP contribution in [0.15, 0.2) is 64.6 Å². The maximum Gasteiger partial charge on any atom is 0.243 e. The standard InChI is InChI=1S/C15H16ClNO2S/c1-13-7-9-15(10-8-13)20(18,19)17-11-3-2-5-14(16)6-4-12-17/h2-10H,11-12H2,1H3/b3-2+,6-4+,14-5+. The second-order valence-electron chi connectivity index (χ2n) is 4.52. The van der Waals surface area contributed by atoms with Crippen molar-refractivity contribution in [1.82, 2.24) is 4.31 Å². The first-order chi connectivity index (χ1) is 9.50. The van der Waals surface area contributed by atoms with E-state index in [2.05, 4.69) is 0 Å². The molecule has 1 heterocycles.